The van der Waals surface area contributed by atoms with E-state index < -0.39 is 0 Å². The van der Waals surface area contributed by atoms with E-state index in [-0.39, 0.29) is 11.5 Å². The van der Waals surface area contributed by atoms with Crippen LogP contribution in [-0.4, -0.2) is 26.6 Å². The average Bonchev–Trinajstić information content (AvgIpc) is 3.27. The molecule has 0 fully saturated rings. The maximum absolute atomic E-state index is 12.9. The number of rotatable bonds is 7. The summed E-state index contributed by atoms with van der Waals surface area (Å²) < 4.78 is 0. The number of amides is 1. The van der Waals surface area contributed by atoms with Crippen LogP contribution in [0.5, 0.6) is 0 Å². The van der Waals surface area contributed by atoms with E-state index in [0.29, 0.717) is 15.7 Å². The van der Waals surface area contributed by atoms with E-state index >= 15 is 0 Å². The van der Waals surface area contributed by atoms with Crippen LogP contribution in [0.2, 0.25) is 10.0 Å². The fourth-order valence-electron chi connectivity index (χ4n) is 3.50. The second-order valence-corrected chi connectivity index (χ2v) is 8.76. The number of benzene rings is 2. The van der Waals surface area contributed by atoms with E-state index in [4.69, 9.17) is 23.2 Å². The summed E-state index contributed by atoms with van der Waals surface area (Å²) in [5.74, 6) is 0.519. The molecule has 4 rings (SSSR count). The summed E-state index contributed by atoms with van der Waals surface area (Å²) in [5, 5.41) is 5.48. The highest BCUT2D eigenvalue weighted by Crippen LogP contribution is 2.30. The van der Waals surface area contributed by atoms with E-state index in [1.165, 1.54) is 11.1 Å². The topological polar surface area (TPSA) is 70.7 Å². The minimum atomic E-state index is -0.362. The quantitative estimate of drug-likeness (QED) is 0.306. The number of hydrogen-bond acceptors (Lipinski definition) is 4. The Hall–Kier alpha value is -2.54. The van der Waals surface area contributed by atoms with Gasteiger partial charge in [-0.3, -0.25) is 9.78 Å². The van der Waals surface area contributed by atoms with Crippen molar-refractivity contribution in [2.75, 3.05) is 11.1 Å². The Balaban J connectivity index is 1.65. The molecule has 0 aliphatic heterocycles. The molecule has 0 aliphatic carbocycles. The third kappa shape index (κ3) is 4.71. The first-order valence-electron chi connectivity index (χ1n) is 9.85. The second kappa shape index (κ2) is 9.73. The zero-order valence-corrected chi connectivity index (χ0v) is 19.1. The van der Waals surface area contributed by atoms with Gasteiger partial charge in [0.15, 0.2) is 5.16 Å². The minimum Gasteiger partial charge on any atom is -0.340 e. The summed E-state index contributed by atoms with van der Waals surface area (Å²) in [6.07, 6.45) is 7.22. The molecule has 0 atom stereocenters. The first-order valence-corrected chi connectivity index (χ1v) is 11.6. The summed E-state index contributed by atoms with van der Waals surface area (Å²) >= 11 is 14.1. The van der Waals surface area contributed by atoms with Crippen LogP contribution in [0.25, 0.3) is 10.9 Å². The van der Waals surface area contributed by atoms with Crippen LogP contribution in [0.15, 0.2) is 60.1 Å². The number of aromatic nitrogens is 3. The van der Waals surface area contributed by atoms with Crippen molar-refractivity contribution in [3.05, 3.63) is 81.7 Å². The number of anilines is 1. The summed E-state index contributed by atoms with van der Waals surface area (Å²) in [5.41, 5.74) is 4.06. The number of aryl methyl sites for hydroxylation is 2. The molecule has 0 bridgehead atoms. The molecule has 158 valence electrons. The number of carbonyl (C=O) groups is 1. The van der Waals surface area contributed by atoms with Crippen LogP contribution in [0, 0.1) is 0 Å². The SMILES string of the molecule is CCc1cnc2c(NC(=O)c3c(Cl)cccc3Cl)cccc2c1CCSc1ncc[nH]1. The lowest BCUT2D eigenvalue weighted by Crippen LogP contribution is -2.14. The molecule has 0 unspecified atom stereocenters. The Kier molecular flexibility index (Phi) is 6.80. The van der Waals surface area contributed by atoms with E-state index in [1.807, 2.05) is 30.6 Å². The Labute approximate surface area is 194 Å². The highest BCUT2D eigenvalue weighted by Gasteiger charge is 2.17. The van der Waals surface area contributed by atoms with Gasteiger partial charge in [-0.1, -0.05) is 60.1 Å². The predicted octanol–water partition coefficient (Wildman–Crippen LogP) is 6.41. The number of H-pyrrole nitrogens is 1. The number of carbonyl (C=O) groups excluding carboxylic acids is 1. The fourth-order valence-corrected chi connectivity index (χ4v) is 4.85. The highest BCUT2D eigenvalue weighted by molar-refractivity contribution is 7.99. The van der Waals surface area contributed by atoms with Crippen molar-refractivity contribution < 1.29 is 4.79 Å². The van der Waals surface area contributed by atoms with E-state index in [2.05, 4.69) is 27.2 Å². The van der Waals surface area contributed by atoms with Crippen LogP contribution in [-0.2, 0) is 12.8 Å². The van der Waals surface area contributed by atoms with E-state index in [0.717, 1.165) is 34.7 Å². The number of aromatic amines is 1. The van der Waals surface area contributed by atoms with Crippen molar-refractivity contribution in [3.8, 4) is 0 Å². The van der Waals surface area contributed by atoms with Crippen LogP contribution in [0.3, 0.4) is 0 Å². The molecule has 0 saturated carbocycles. The summed E-state index contributed by atoms with van der Waals surface area (Å²) in [4.78, 5) is 24.9. The number of imidazole rings is 1. The zero-order valence-electron chi connectivity index (χ0n) is 16.8. The van der Waals surface area contributed by atoms with Gasteiger partial charge in [-0.05, 0) is 42.2 Å². The van der Waals surface area contributed by atoms with Crippen molar-refractivity contribution in [1.29, 1.82) is 0 Å². The summed E-state index contributed by atoms with van der Waals surface area (Å²) in [6, 6.07) is 10.8. The highest BCUT2D eigenvalue weighted by atomic mass is 35.5. The molecular formula is C23H20Cl2N4OS. The van der Waals surface area contributed by atoms with Gasteiger partial charge in [0, 0.05) is 29.7 Å². The molecule has 31 heavy (non-hydrogen) atoms. The van der Waals surface area contributed by atoms with Crippen LogP contribution < -0.4 is 5.32 Å². The molecule has 2 N–H and O–H groups in total. The van der Waals surface area contributed by atoms with Crippen molar-refractivity contribution >= 4 is 57.5 Å². The van der Waals surface area contributed by atoms with Crippen molar-refractivity contribution in [1.82, 2.24) is 15.0 Å². The molecule has 0 aliphatic rings. The van der Waals surface area contributed by atoms with Crippen LogP contribution >= 0.6 is 35.0 Å². The first kappa shape index (κ1) is 21.7. The average molecular weight is 471 g/mol. The van der Waals surface area contributed by atoms with Crippen molar-refractivity contribution in [3.63, 3.8) is 0 Å². The number of pyridine rings is 1. The van der Waals surface area contributed by atoms with Gasteiger partial charge < -0.3 is 10.3 Å². The molecule has 0 radical (unpaired) electrons. The third-order valence-corrected chi connectivity index (χ3v) is 6.52. The number of nitrogens with one attached hydrogen (secondary N) is 2. The molecule has 8 heteroatoms. The fraction of sp³-hybridized carbons (Fsp3) is 0.174. The Morgan fingerprint density at radius 2 is 1.90 bits per heavy atom. The predicted molar refractivity (Wildman–Crippen MR) is 129 cm³/mol. The third-order valence-electron chi connectivity index (χ3n) is 4.98. The minimum absolute atomic E-state index is 0.253. The van der Waals surface area contributed by atoms with Gasteiger partial charge in [-0.2, -0.15) is 0 Å². The number of halogens is 2. The number of thioether (sulfide) groups is 1. The molecule has 0 saturated heterocycles. The summed E-state index contributed by atoms with van der Waals surface area (Å²) in [6.45, 7) is 2.12. The lowest BCUT2D eigenvalue weighted by atomic mass is 9.99. The Morgan fingerprint density at radius 3 is 2.61 bits per heavy atom. The summed E-state index contributed by atoms with van der Waals surface area (Å²) in [7, 11) is 0. The number of hydrogen-bond donors (Lipinski definition) is 2. The maximum Gasteiger partial charge on any atom is 0.258 e. The second-order valence-electron chi connectivity index (χ2n) is 6.86. The largest absolute Gasteiger partial charge is 0.340 e. The first-order chi connectivity index (χ1) is 15.1. The smallest absolute Gasteiger partial charge is 0.258 e. The normalized spacial score (nSPS) is 11.1. The lowest BCUT2D eigenvalue weighted by molar-refractivity contribution is 0.102. The number of fused-ring (bicyclic) bond motifs is 1. The van der Waals surface area contributed by atoms with E-state index in [1.54, 1.807) is 36.2 Å². The van der Waals surface area contributed by atoms with E-state index in [9.17, 15) is 4.79 Å². The molecule has 0 spiro atoms. The lowest BCUT2D eigenvalue weighted by Gasteiger charge is -2.15. The van der Waals surface area contributed by atoms with Gasteiger partial charge in [0.25, 0.3) is 5.91 Å². The molecule has 4 aromatic rings. The van der Waals surface area contributed by atoms with Gasteiger partial charge in [0.05, 0.1) is 26.8 Å². The number of para-hydroxylation sites is 1. The van der Waals surface area contributed by atoms with Gasteiger partial charge >= 0.3 is 0 Å². The standard InChI is InChI=1S/C23H20Cl2N4OS/c1-2-14-13-28-21-16(15(14)9-12-31-23-26-10-11-27-23)5-3-8-19(21)29-22(30)20-17(24)6-4-7-18(20)25/h3-8,10-11,13H,2,9,12H2,1H3,(H,26,27)(H,29,30). The van der Waals surface area contributed by atoms with Crippen molar-refractivity contribution in [2.45, 2.75) is 24.9 Å². The molecular weight excluding hydrogens is 451 g/mol. The molecule has 2 aromatic heterocycles. The molecule has 5 nitrogen and oxygen atoms in total. The van der Waals surface area contributed by atoms with Crippen LogP contribution in [0.1, 0.15) is 28.4 Å². The van der Waals surface area contributed by atoms with Gasteiger partial charge in [-0.15, -0.1) is 0 Å². The van der Waals surface area contributed by atoms with Gasteiger partial charge in [-0.25, -0.2) is 4.98 Å². The Bertz CT molecular complexity index is 1210. The van der Waals surface area contributed by atoms with Gasteiger partial charge in [0.2, 0.25) is 0 Å². The molecule has 2 aromatic carbocycles. The van der Waals surface area contributed by atoms with Gasteiger partial charge in [0.1, 0.15) is 0 Å². The molecule has 2 heterocycles. The van der Waals surface area contributed by atoms with Crippen molar-refractivity contribution in [2.24, 2.45) is 0 Å². The zero-order chi connectivity index (χ0) is 21.8. The maximum atomic E-state index is 12.9. The monoisotopic (exact) mass is 470 g/mol. The van der Waals surface area contributed by atoms with Crippen LogP contribution in [0.4, 0.5) is 5.69 Å². The number of nitrogens with zero attached hydrogens (tertiary/aromatic N) is 2. The Morgan fingerprint density at radius 1 is 1.13 bits per heavy atom. The molecule has 1 amide bonds.